The van der Waals surface area contributed by atoms with E-state index in [4.69, 9.17) is 0 Å². The van der Waals surface area contributed by atoms with E-state index in [0.29, 0.717) is 12.1 Å². The molecule has 0 bridgehead atoms. The van der Waals surface area contributed by atoms with Gasteiger partial charge in [-0.15, -0.1) is 0 Å². The second-order valence-corrected chi connectivity index (χ2v) is 8.79. The van der Waals surface area contributed by atoms with Crippen LogP contribution >= 0.6 is 0 Å². The third-order valence-electron chi connectivity index (χ3n) is 5.03. The van der Waals surface area contributed by atoms with Gasteiger partial charge in [0.25, 0.3) is 0 Å². The van der Waals surface area contributed by atoms with Gasteiger partial charge in [-0.2, -0.15) is 0 Å². The average molecular weight is 387 g/mol. The van der Waals surface area contributed by atoms with E-state index in [0.717, 1.165) is 32.4 Å². The molecular weight excluding hydrogens is 360 g/mol. The maximum absolute atomic E-state index is 12.7. The van der Waals surface area contributed by atoms with Crippen molar-refractivity contribution in [2.24, 2.45) is 0 Å². The molecule has 144 valence electrons. The highest BCUT2D eigenvalue weighted by molar-refractivity contribution is 7.89. The fraction of sp³-hybridized carbons (Fsp3) is 0.381. The van der Waals surface area contributed by atoms with Gasteiger partial charge in [-0.3, -0.25) is 9.69 Å². The highest BCUT2D eigenvalue weighted by atomic mass is 32.2. The molecule has 2 aromatic rings. The number of nitrogens with zero attached hydrogens (tertiary/aromatic N) is 1. The molecule has 0 aromatic heterocycles. The number of carbonyl (C=O) groups is 1. The predicted octanol–water partition coefficient (Wildman–Crippen LogP) is 2.87. The van der Waals surface area contributed by atoms with Gasteiger partial charge < -0.3 is 0 Å². The molecule has 1 aliphatic rings. The van der Waals surface area contributed by atoms with E-state index >= 15 is 0 Å². The van der Waals surface area contributed by atoms with Crippen molar-refractivity contribution >= 4 is 15.8 Å². The van der Waals surface area contributed by atoms with Gasteiger partial charge in [0.2, 0.25) is 10.0 Å². The van der Waals surface area contributed by atoms with Crippen molar-refractivity contribution < 1.29 is 13.2 Å². The number of carbonyl (C=O) groups excluding carboxylic acids is 1. The molecule has 1 N–H and O–H groups in total. The molecule has 5 nitrogen and oxygen atoms in total. The molecule has 6 heteroatoms. The van der Waals surface area contributed by atoms with Crippen molar-refractivity contribution in [3.8, 4) is 0 Å². The minimum absolute atomic E-state index is 0.112. The lowest BCUT2D eigenvalue weighted by molar-refractivity contribution is 0.101. The van der Waals surface area contributed by atoms with Crippen molar-refractivity contribution in [2.45, 2.75) is 37.1 Å². The highest BCUT2D eigenvalue weighted by Crippen LogP contribution is 2.17. The fourth-order valence-electron chi connectivity index (χ4n) is 3.49. The van der Waals surface area contributed by atoms with Gasteiger partial charge in [-0.05, 0) is 57.0 Å². The largest absolute Gasteiger partial charge is 0.299 e. The number of hydrogen-bond donors (Lipinski definition) is 1. The van der Waals surface area contributed by atoms with Crippen LogP contribution in [-0.2, 0) is 16.4 Å². The van der Waals surface area contributed by atoms with Crippen molar-refractivity contribution in [3.05, 3.63) is 65.7 Å². The Kier molecular flexibility index (Phi) is 6.42. The molecule has 1 fully saturated rings. The molecule has 1 atom stereocenters. The molecule has 0 radical (unpaired) electrons. The summed E-state index contributed by atoms with van der Waals surface area (Å²) in [4.78, 5) is 14.0. The number of rotatable bonds is 8. The second-order valence-electron chi connectivity index (χ2n) is 7.02. The van der Waals surface area contributed by atoms with E-state index < -0.39 is 10.0 Å². The average Bonchev–Trinajstić information content (AvgIpc) is 3.20. The van der Waals surface area contributed by atoms with Gasteiger partial charge in [-0.1, -0.05) is 42.5 Å². The number of hydrogen-bond acceptors (Lipinski definition) is 4. The number of benzene rings is 2. The van der Waals surface area contributed by atoms with Crippen LogP contribution in [-0.4, -0.2) is 44.8 Å². The lowest BCUT2D eigenvalue weighted by Crippen LogP contribution is -2.43. The van der Waals surface area contributed by atoms with Crippen molar-refractivity contribution in [2.75, 3.05) is 19.6 Å². The Balaban J connectivity index is 1.73. The van der Waals surface area contributed by atoms with Crippen LogP contribution < -0.4 is 4.72 Å². The number of Topliss-reactive ketones (excluding diaryl/α,β-unsaturated/α-hetero) is 1. The van der Waals surface area contributed by atoms with Crippen LogP contribution in [0.15, 0.2) is 59.5 Å². The van der Waals surface area contributed by atoms with E-state index in [1.807, 2.05) is 18.2 Å². The second kappa shape index (κ2) is 8.78. The van der Waals surface area contributed by atoms with Crippen LogP contribution in [0.25, 0.3) is 0 Å². The molecule has 1 unspecified atom stereocenters. The lowest BCUT2D eigenvalue weighted by atomic mass is 10.1. The molecule has 27 heavy (non-hydrogen) atoms. The Labute approximate surface area is 161 Å². The van der Waals surface area contributed by atoms with Crippen LogP contribution in [0.2, 0.25) is 0 Å². The molecular formula is C21H26N2O3S. The zero-order valence-electron chi connectivity index (χ0n) is 15.6. The summed E-state index contributed by atoms with van der Waals surface area (Å²) in [6.07, 6.45) is 3.11. The van der Waals surface area contributed by atoms with E-state index in [2.05, 4.69) is 21.8 Å². The van der Waals surface area contributed by atoms with Crippen molar-refractivity contribution in [3.63, 3.8) is 0 Å². The third-order valence-corrected chi connectivity index (χ3v) is 6.45. The Morgan fingerprint density at radius 2 is 1.78 bits per heavy atom. The standard InChI is InChI=1S/C21H26N2O3S/c1-17(24)19-10-7-11-21(15-19)27(25,26)22-16-20(23-12-5-6-13-23)14-18-8-3-2-4-9-18/h2-4,7-11,15,20,22H,5-6,12-14,16H2,1H3. The lowest BCUT2D eigenvalue weighted by Gasteiger charge is -2.28. The summed E-state index contributed by atoms with van der Waals surface area (Å²) < 4.78 is 28.2. The molecule has 1 aliphatic heterocycles. The monoisotopic (exact) mass is 386 g/mol. The van der Waals surface area contributed by atoms with Crippen LogP contribution in [0.1, 0.15) is 35.7 Å². The normalized spacial score (nSPS) is 16.3. The molecule has 0 saturated carbocycles. The first-order valence-electron chi connectivity index (χ1n) is 9.34. The summed E-state index contributed by atoms with van der Waals surface area (Å²) >= 11 is 0. The zero-order chi connectivity index (χ0) is 19.3. The minimum Gasteiger partial charge on any atom is -0.299 e. The van der Waals surface area contributed by atoms with Gasteiger partial charge in [-0.25, -0.2) is 13.1 Å². The summed E-state index contributed by atoms with van der Waals surface area (Å²) in [6, 6.07) is 16.5. The number of likely N-dealkylation sites (tertiary alicyclic amines) is 1. The highest BCUT2D eigenvalue weighted by Gasteiger charge is 2.24. The summed E-state index contributed by atoms with van der Waals surface area (Å²) in [5, 5.41) is 0. The van der Waals surface area contributed by atoms with Crippen molar-refractivity contribution in [1.82, 2.24) is 9.62 Å². The van der Waals surface area contributed by atoms with Gasteiger partial charge in [0, 0.05) is 18.2 Å². The van der Waals surface area contributed by atoms with Crippen LogP contribution in [0.4, 0.5) is 0 Å². The number of nitrogens with one attached hydrogen (secondary N) is 1. The van der Waals surface area contributed by atoms with Crippen LogP contribution in [0.5, 0.6) is 0 Å². The maximum atomic E-state index is 12.7. The number of ketones is 1. The topological polar surface area (TPSA) is 66.5 Å². The SMILES string of the molecule is CC(=O)c1cccc(S(=O)(=O)NCC(Cc2ccccc2)N2CCCC2)c1. The summed E-state index contributed by atoms with van der Waals surface area (Å²) in [5.74, 6) is -0.147. The smallest absolute Gasteiger partial charge is 0.240 e. The van der Waals surface area contributed by atoms with Gasteiger partial charge >= 0.3 is 0 Å². The van der Waals surface area contributed by atoms with Gasteiger partial charge in [0.05, 0.1) is 4.90 Å². The molecule has 0 aliphatic carbocycles. The fourth-order valence-corrected chi connectivity index (χ4v) is 4.61. The molecule has 2 aromatic carbocycles. The zero-order valence-corrected chi connectivity index (χ0v) is 16.4. The van der Waals surface area contributed by atoms with Crippen LogP contribution in [0, 0.1) is 0 Å². The number of sulfonamides is 1. The first kappa shape index (κ1) is 19.7. The summed E-state index contributed by atoms with van der Waals surface area (Å²) in [6.45, 7) is 3.78. The Morgan fingerprint density at radius 3 is 2.44 bits per heavy atom. The maximum Gasteiger partial charge on any atom is 0.240 e. The van der Waals surface area contributed by atoms with Gasteiger partial charge in [0.1, 0.15) is 0 Å². The van der Waals surface area contributed by atoms with E-state index in [-0.39, 0.29) is 16.7 Å². The summed E-state index contributed by atoms with van der Waals surface area (Å²) in [5.41, 5.74) is 1.60. The van der Waals surface area contributed by atoms with E-state index in [1.54, 1.807) is 12.1 Å². The van der Waals surface area contributed by atoms with E-state index in [9.17, 15) is 13.2 Å². The quantitative estimate of drug-likeness (QED) is 0.709. The Hall–Kier alpha value is -2.02. The van der Waals surface area contributed by atoms with Crippen molar-refractivity contribution in [1.29, 1.82) is 0 Å². The molecule has 1 heterocycles. The van der Waals surface area contributed by atoms with Crippen LogP contribution in [0.3, 0.4) is 0 Å². The minimum atomic E-state index is -3.66. The first-order chi connectivity index (χ1) is 13.0. The van der Waals surface area contributed by atoms with Gasteiger partial charge in [0.15, 0.2) is 5.78 Å². The third kappa shape index (κ3) is 5.25. The van der Waals surface area contributed by atoms with E-state index in [1.165, 1.54) is 24.6 Å². The predicted molar refractivity (Wildman–Crippen MR) is 106 cm³/mol. The molecule has 1 saturated heterocycles. The summed E-state index contributed by atoms with van der Waals surface area (Å²) in [7, 11) is -3.66. The Bertz CT molecular complexity index is 875. The molecule has 0 amide bonds. The molecule has 0 spiro atoms. The molecule has 3 rings (SSSR count). The Morgan fingerprint density at radius 1 is 1.07 bits per heavy atom. The first-order valence-corrected chi connectivity index (χ1v) is 10.8.